The van der Waals surface area contributed by atoms with Crippen molar-refractivity contribution in [3.63, 3.8) is 0 Å². The van der Waals surface area contributed by atoms with Crippen LogP contribution in [0.25, 0.3) is 0 Å². The predicted octanol–water partition coefficient (Wildman–Crippen LogP) is 12.0. The Hall–Kier alpha value is -2.76. The Morgan fingerprint density at radius 3 is 0.685 bits per heavy atom. The molecule has 4 aromatic rings. The van der Waals surface area contributed by atoms with Gasteiger partial charge in [-0.15, -0.1) is 0 Å². The van der Waals surface area contributed by atoms with E-state index in [-0.39, 0.29) is 24.0 Å². The summed E-state index contributed by atoms with van der Waals surface area (Å²) in [5.41, 5.74) is 5.32. The molecule has 4 aromatic carbocycles. The average molecular weight is 863 g/mol. The van der Waals surface area contributed by atoms with Gasteiger partial charge in [-0.05, 0) is 74.2 Å². The van der Waals surface area contributed by atoms with Gasteiger partial charge in [0.15, 0.2) is 0 Å². The topological polar surface area (TPSA) is 13.0 Å². The summed E-state index contributed by atoms with van der Waals surface area (Å²) in [5.74, 6) is 0. The highest BCUT2D eigenvalue weighted by molar-refractivity contribution is 7.81. The van der Waals surface area contributed by atoms with Crippen LogP contribution in [0.3, 0.4) is 0 Å². The van der Waals surface area contributed by atoms with Crippen molar-refractivity contribution in [1.29, 1.82) is 0 Å². The maximum absolute atomic E-state index is 2.94. The number of rotatable bonds is 28. The van der Waals surface area contributed by atoms with E-state index in [4.69, 9.17) is 0 Å². The highest BCUT2D eigenvalue weighted by Gasteiger charge is 2.63. The van der Waals surface area contributed by atoms with Crippen LogP contribution in [0.4, 0.5) is 22.7 Å². The van der Waals surface area contributed by atoms with Gasteiger partial charge in [0.25, 0.3) is 0 Å². The number of halogens is 1. The van der Waals surface area contributed by atoms with E-state index in [1.54, 1.807) is 0 Å². The lowest BCUT2D eigenvalue weighted by molar-refractivity contribution is -0.0000110. The number of benzene rings is 4. The van der Waals surface area contributed by atoms with Gasteiger partial charge in [-0.3, -0.25) is 0 Å². The van der Waals surface area contributed by atoms with E-state index in [0.29, 0.717) is 0 Å². The van der Waals surface area contributed by atoms with Crippen LogP contribution in [-0.2, 0) is 0 Å². The van der Waals surface area contributed by atoms with Crippen molar-refractivity contribution in [2.45, 2.75) is 130 Å². The number of hydrogen-bond donors (Lipinski definition) is 0. The van der Waals surface area contributed by atoms with Crippen LogP contribution in [0.1, 0.15) is 130 Å². The van der Waals surface area contributed by atoms with E-state index in [9.17, 15) is 0 Å². The molecule has 0 radical (unpaired) electrons. The average Bonchev–Trinajstić information content (AvgIpc) is 3.21. The highest BCUT2D eigenvalue weighted by atomic mass is 127. The number of unbranched alkanes of at least 4 members (excludes halogenated alkanes) is 12. The summed E-state index contributed by atoms with van der Waals surface area (Å²) in [7, 11) is -2.69. The first kappa shape index (κ1) is 45.6. The van der Waals surface area contributed by atoms with Gasteiger partial charge in [0.2, 0.25) is 0 Å². The molecule has 0 heterocycles. The van der Waals surface area contributed by atoms with Gasteiger partial charge in [0, 0.05) is 0 Å². The number of hydrogen-bond acceptors (Lipinski definition) is 4. The van der Waals surface area contributed by atoms with Crippen molar-refractivity contribution in [2.75, 3.05) is 44.9 Å². The fourth-order valence-corrected chi connectivity index (χ4v) is 12.6. The molecule has 4 nitrogen and oxygen atoms in total. The van der Waals surface area contributed by atoms with Gasteiger partial charge in [-0.2, -0.15) is 18.7 Å². The molecule has 0 amide bonds. The molecule has 0 aromatic heterocycles. The SMILES string of the molecule is CCCCCCN(c1ccccc1)[P+](N(CCCCCC)c1ccccc1)(N(CCCCCC)c1ccccc1)N(CCCCCC)c1ccccc1.[I-]. The van der Waals surface area contributed by atoms with E-state index >= 15 is 0 Å². The molecule has 0 aliphatic heterocycles. The number of nitrogens with zero attached hydrogens (tertiary/aromatic N) is 4. The summed E-state index contributed by atoms with van der Waals surface area (Å²) in [6, 6.07) is 46.1. The maximum atomic E-state index is 2.94. The molecule has 0 bridgehead atoms. The molecule has 6 heteroatoms. The summed E-state index contributed by atoms with van der Waals surface area (Å²) in [4.78, 5) is 0. The first-order chi connectivity index (χ1) is 26.2. The predicted molar refractivity (Wildman–Crippen MR) is 239 cm³/mol. The lowest BCUT2D eigenvalue weighted by Gasteiger charge is -2.53. The quantitative estimate of drug-likeness (QED) is 0.0320. The summed E-state index contributed by atoms with van der Waals surface area (Å²) < 4.78 is 11.8. The molecule has 4 rings (SSSR count). The Bertz CT molecular complexity index is 1230. The van der Waals surface area contributed by atoms with E-state index in [1.165, 1.54) is 125 Å². The Morgan fingerprint density at radius 2 is 0.500 bits per heavy atom. The zero-order valence-electron chi connectivity index (χ0n) is 34.3. The van der Waals surface area contributed by atoms with E-state index in [0.717, 1.165) is 26.2 Å². The molecule has 0 saturated carbocycles. The third-order valence-corrected chi connectivity index (χ3v) is 14.7. The first-order valence-corrected chi connectivity index (χ1v) is 23.0. The van der Waals surface area contributed by atoms with Crippen molar-refractivity contribution < 1.29 is 24.0 Å². The van der Waals surface area contributed by atoms with Gasteiger partial charge < -0.3 is 24.0 Å². The first-order valence-electron chi connectivity index (χ1n) is 21.4. The van der Waals surface area contributed by atoms with E-state index < -0.39 is 7.87 Å². The summed E-state index contributed by atoms with van der Waals surface area (Å²) >= 11 is 0. The molecule has 0 fully saturated rings. The van der Waals surface area contributed by atoms with Crippen LogP contribution in [0.15, 0.2) is 121 Å². The second-order valence-electron chi connectivity index (χ2n) is 14.6. The summed E-state index contributed by atoms with van der Waals surface area (Å²) in [5, 5.41) is 0. The molecule has 296 valence electrons. The summed E-state index contributed by atoms with van der Waals surface area (Å²) in [6.07, 6.45) is 19.7. The molecular formula is C48H72IN4P. The van der Waals surface area contributed by atoms with Gasteiger partial charge in [0.05, 0.1) is 48.9 Å². The molecule has 54 heavy (non-hydrogen) atoms. The lowest BCUT2D eigenvalue weighted by atomic mass is 10.2. The monoisotopic (exact) mass is 862 g/mol. The van der Waals surface area contributed by atoms with E-state index in [1.807, 2.05) is 0 Å². The van der Waals surface area contributed by atoms with Crippen molar-refractivity contribution in [3.8, 4) is 0 Å². The van der Waals surface area contributed by atoms with Crippen LogP contribution in [0.2, 0.25) is 0 Å². The molecule has 0 aliphatic carbocycles. The zero-order chi connectivity index (χ0) is 37.4. The molecule has 0 atom stereocenters. The van der Waals surface area contributed by atoms with Crippen molar-refractivity contribution in [2.24, 2.45) is 0 Å². The number of para-hydroxylation sites is 4. The molecule has 0 spiro atoms. The van der Waals surface area contributed by atoms with Gasteiger partial charge in [-0.25, -0.2) is 0 Å². The minimum Gasteiger partial charge on any atom is -1.00 e. The van der Waals surface area contributed by atoms with Gasteiger partial charge in [0.1, 0.15) is 0 Å². The van der Waals surface area contributed by atoms with Gasteiger partial charge >= 0.3 is 7.87 Å². The zero-order valence-corrected chi connectivity index (χ0v) is 37.4. The third kappa shape index (κ3) is 13.2. The van der Waals surface area contributed by atoms with Crippen LogP contribution in [0, 0.1) is 0 Å². The second kappa shape index (κ2) is 26.9. The Morgan fingerprint density at radius 1 is 0.296 bits per heavy atom. The fraction of sp³-hybridized carbons (Fsp3) is 0.500. The van der Waals surface area contributed by atoms with Crippen molar-refractivity contribution >= 4 is 30.6 Å². The second-order valence-corrected chi connectivity index (χ2v) is 17.6. The Labute approximate surface area is 349 Å². The van der Waals surface area contributed by atoms with Crippen molar-refractivity contribution in [1.82, 2.24) is 0 Å². The van der Waals surface area contributed by atoms with E-state index in [2.05, 4.69) is 168 Å². The highest BCUT2D eigenvalue weighted by Crippen LogP contribution is 2.73. The minimum absolute atomic E-state index is 0. The summed E-state index contributed by atoms with van der Waals surface area (Å²) in [6.45, 7) is 13.4. The molecular weight excluding hydrogens is 790 g/mol. The van der Waals surface area contributed by atoms with Gasteiger partial charge in [-0.1, -0.05) is 178 Å². The molecule has 0 N–H and O–H groups in total. The largest absolute Gasteiger partial charge is 1.00 e. The van der Waals surface area contributed by atoms with Crippen LogP contribution in [0.5, 0.6) is 0 Å². The Balaban J connectivity index is 0.00000784. The Kier molecular flexibility index (Phi) is 22.8. The van der Waals surface area contributed by atoms with Crippen LogP contribution < -0.4 is 42.7 Å². The molecule has 0 unspecified atom stereocenters. The fourth-order valence-electron chi connectivity index (χ4n) is 7.61. The maximum Gasteiger partial charge on any atom is 0.405 e. The minimum atomic E-state index is -2.69. The normalized spacial score (nSPS) is 11.2. The smallest absolute Gasteiger partial charge is 0.405 e. The van der Waals surface area contributed by atoms with Crippen LogP contribution in [-0.4, -0.2) is 26.2 Å². The third-order valence-electron chi connectivity index (χ3n) is 10.4. The standard InChI is InChI=1S/C48H72N4P.HI/c1-5-9-13-29-41-49(45-33-21-17-22-34-45)53(50(42-30-14-10-6-2)46-35-23-18-24-36-46,51(43-31-15-11-7-3)47-37-25-19-26-38-47)52(44-32-16-12-8-4)48-39-27-20-28-40-48;/h17-28,33-40H,5-16,29-32,41-44H2,1-4H3;1H/q+1;/p-1. The molecule has 0 aliphatic rings. The molecule has 0 saturated heterocycles. The van der Waals surface area contributed by atoms with Crippen molar-refractivity contribution in [3.05, 3.63) is 121 Å². The van der Waals surface area contributed by atoms with Crippen LogP contribution >= 0.6 is 7.87 Å². The number of anilines is 4. The lowest BCUT2D eigenvalue weighted by Crippen LogP contribution is -3.00.